The van der Waals surface area contributed by atoms with Crippen molar-refractivity contribution >= 4 is 58.6 Å². The molecule has 3 aliphatic rings. The Morgan fingerprint density at radius 3 is 1.19 bits per heavy atom. The third kappa shape index (κ3) is 44.2. The van der Waals surface area contributed by atoms with Crippen LogP contribution in [0.4, 0.5) is 0 Å². The average Bonchev–Trinajstić information content (AvgIpc) is 0.772. The quantitative estimate of drug-likeness (QED) is 0.0372. The van der Waals surface area contributed by atoms with Crippen LogP contribution in [-0.4, -0.2) is 308 Å². The van der Waals surface area contributed by atoms with Gasteiger partial charge < -0.3 is 125 Å². The summed E-state index contributed by atoms with van der Waals surface area (Å²) in [7, 11) is 0. The van der Waals surface area contributed by atoms with E-state index >= 15 is 0 Å². The summed E-state index contributed by atoms with van der Waals surface area (Å²) in [5.74, 6) is -2.90. The summed E-state index contributed by atoms with van der Waals surface area (Å²) in [6.07, 6.45) is -1.76. The summed E-state index contributed by atoms with van der Waals surface area (Å²) >= 11 is 0. The number of Topliss-reactive ketones (excluding diaryl/α,β-unsaturated/α-hetero) is 4. The fraction of sp³-hybridized carbons (Fsp3) is 0.872. The van der Waals surface area contributed by atoms with Crippen LogP contribution in [-0.2, 0) is 95.3 Å². The second-order valence-electron chi connectivity index (χ2n) is 30.0. The summed E-state index contributed by atoms with van der Waals surface area (Å²) < 4.78 is 57.8. The summed E-state index contributed by atoms with van der Waals surface area (Å²) in [4.78, 5) is 128. The molecule has 3 heterocycles. The largest absolute Gasteiger partial charge is 0.394 e. The van der Waals surface area contributed by atoms with Crippen LogP contribution in [0.25, 0.3) is 0 Å². The standard InChI is InChI=1S/C78H138N6O29/c1-52(2)107-39-18-7-6-17-36-79-64(95)31-22-32-65(96)84-78(50-105-43-33-58(92)26-12-8-10-24-56(90)28-14-19-40-108-75-53(3)69(98)70(99)60(46-85)111-75,35-45-104-49-66(97)81-38-23-37-80-63(94)30-16-21-42-110-77-68(83-55(5)89)74(103)72(101)62(48-87)113-77)51-106-44-34-59(93)27-13-9-11-25-57(91)29-15-20-41-109-76-67(82-54(4)88)73(102)71(100)61(47-86)112-76/h52-53,60-62,67-77,85-87,98-103H,6-51H2,1-5H3,(H,79,95)(H,80,94)(H,81,97)(H,82,88)(H,83,89)(H,84,96)/t53?,60?,61?,62?,67?,68?,69-,70+,71+,72+,73-,74-,75-,76-,77-,78?/m1/s1. The first kappa shape index (κ1) is 102. The Hall–Kier alpha value is -5.26. The van der Waals surface area contributed by atoms with Crippen molar-refractivity contribution in [2.45, 2.75) is 325 Å². The highest BCUT2D eigenvalue weighted by molar-refractivity contribution is 5.81. The second kappa shape index (κ2) is 60.3. The minimum absolute atomic E-state index is 0.0251. The molecule has 0 aromatic heterocycles. The van der Waals surface area contributed by atoms with Gasteiger partial charge in [-0.25, -0.2) is 0 Å². The van der Waals surface area contributed by atoms with Gasteiger partial charge in [0.25, 0.3) is 0 Å². The van der Waals surface area contributed by atoms with Gasteiger partial charge in [0.05, 0.1) is 64.0 Å². The van der Waals surface area contributed by atoms with Crippen molar-refractivity contribution in [2.75, 3.05) is 106 Å². The van der Waals surface area contributed by atoms with E-state index in [1.54, 1.807) is 6.92 Å². The zero-order chi connectivity index (χ0) is 83.4. The van der Waals surface area contributed by atoms with E-state index in [9.17, 15) is 93.9 Å². The van der Waals surface area contributed by atoms with Gasteiger partial charge in [0.2, 0.25) is 35.4 Å². The monoisotopic (exact) mass is 1620 g/mol. The van der Waals surface area contributed by atoms with Gasteiger partial charge >= 0.3 is 0 Å². The molecule has 113 heavy (non-hydrogen) atoms. The molecule has 16 atom stereocenters. The Balaban J connectivity index is 1.57. The van der Waals surface area contributed by atoms with Crippen LogP contribution in [0.3, 0.4) is 0 Å². The van der Waals surface area contributed by atoms with Crippen molar-refractivity contribution in [3.05, 3.63) is 0 Å². The van der Waals surface area contributed by atoms with Gasteiger partial charge in [-0.2, -0.15) is 0 Å². The maximum atomic E-state index is 14.0. The van der Waals surface area contributed by atoms with E-state index in [0.717, 1.165) is 25.7 Å². The minimum atomic E-state index is -1.46. The number of ether oxygens (including phenoxy) is 10. The topological polar surface area (TPSA) is 517 Å². The first-order valence-corrected chi connectivity index (χ1v) is 40.9. The molecule has 0 bridgehead atoms. The number of aliphatic hydroxyl groups is 9. The molecule has 3 aliphatic heterocycles. The molecule has 0 aromatic carbocycles. The Kier molecular flexibility index (Phi) is 54.3. The summed E-state index contributed by atoms with van der Waals surface area (Å²) in [6.45, 7) is 7.62. The highest BCUT2D eigenvalue weighted by Crippen LogP contribution is 2.28. The van der Waals surface area contributed by atoms with Crippen LogP contribution in [0.2, 0.25) is 0 Å². The third-order valence-electron chi connectivity index (χ3n) is 19.7. The van der Waals surface area contributed by atoms with Gasteiger partial charge in [-0.3, -0.25) is 47.9 Å². The van der Waals surface area contributed by atoms with E-state index in [-0.39, 0.29) is 178 Å². The van der Waals surface area contributed by atoms with Crippen molar-refractivity contribution < 1.29 is 141 Å². The van der Waals surface area contributed by atoms with E-state index in [1.807, 2.05) is 13.8 Å². The van der Waals surface area contributed by atoms with E-state index in [4.69, 9.17) is 47.4 Å². The van der Waals surface area contributed by atoms with Crippen LogP contribution < -0.4 is 31.9 Å². The van der Waals surface area contributed by atoms with E-state index in [2.05, 4.69) is 31.9 Å². The van der Waals surface area contributed by atoms with E-state index in [0.29, 0.717) is 116 Å². The Morgan fingerprint density at radius 2 is 0.735 bits per heavy atom. The second-order valence-corrected chi connectivity index (χ2v) is 30.0. The molecule has 0 saturated carbocycles. The van der Waals surface area contributed by atoms with Crippen molar-refractivity contribution in [3.8, 4) is 0 Å². The fourth-order valence-electron chi connectivity index (χ4n) is 12.9. The van der Waals surface area contributed by atoms with E-state index in [1.165, 1.54) is 13.8 Å². The Bertz CT molecular complexity index is 2600. The molecule has 0 aliphatic carbocycles. The molecule has 0 aromatic rings. The van der Waals surface area contributed by atoms with Gasteiger partial charge in [0.1, 0.15) is 90.7 Å². The zero-order valence-electron chi connectivity index (χ0n) is 67.5. The number of nitrogens with one attached hydrogen (secondary N) is 6. The summed E-state index contributed by atoms with van der Waals surface area (Å²) in [5.41, 5.74) is -1.33. The number of ketones is 4. The van der Waals surface area contributed by atoms with E-state index < -0.39 is 141 Å². The number of hydrogen-bond donors (Lipinski definition) is 15. The molecular weight excluding hydrogens is 1480 g/mol. The first-order chi connectivity index (χ1) is 54.1. The first-order valence-electron chi connectivity index (χ1n) is 40.9. The van der Waals surface area contributed by atoms with Gasteiger partial charge in [0.15, 0.2) is 18.9 Å². The molecule has 3 fully saturated rings. The van der Waals surface area contributed by atoms with Gasteiger partial charge in [-0.15, -0.1) is 0 Å². The molecule has 35 nitrogen and oxygen atoms in total. The predicted octanol–water partition coefficient (Wildman–Crippen LogP) is 0.656. The van der Waals surface area contributed by atoms with Gasteiger partial charge in [0, 0.05) is 143 Å². The normalized spacial score (nSPS) is 24.3. The molecule has 6 amide bonds. The molecule has 654 valence electrons. The molecule has 3 saturated heterocycles. The lowest BCUT2D eigenvalue weighted by Gasteiger charge is -2.42. The number of amides is 6. The van der Waals surface area contributed by atoms with Crippen LogP contribution in [0.5, 0.6) is 0 Å². The molecule has 15 N–H and O–H groups in total. The number of unbranched alkanes of at least 4 members (excludes halogenated alkanes) is 10. The van der Waals surface area contributed by atoms with Crippen molar-refractivity contribution in [3.63, 3.8) is 0 Å². The maximum Gasteiger partial charge on any atom is 0.245 e. The third-order valence-corrected chi connectivity index (χ3v) is 19.7. The molecular formula is C78H138N6O29. The molecule has 7 unspecified atom stereocenters. The number of carbonyl (C=O) groups is 10. The Morgan fingerprint density at radius 1 is 0.372 bits per heavy atom. The number of aliphatic hydroxyl groups excluding tert-OH is 9. The number of rotatable bonds is 67. The van der Waals surface area contributed by atoms with Crippen molar-refractivity contribution in [2.24, 2.45) is 5.92 Å². The van der Waals surface area contributed by atoms with Gasteiger partial charge in [-0.1, -0.05) is 32.6 Å². The van der Waals surface area contributed by atoms with Crippen LogP contribution in [0, 0.1) is 5.92 Å². The molecule has 35 heteroatoms. The molecule has 0 radical (unpaired) electrons. The summed E-state index contributed by atoms with van der Waals surface area (Å²) in [5, 5.41) is 107. The van der Waals surface area contributed by atoms with Crippen molar-refractivity contribution in [1.82, 2.24) is 31.9 Å². The highest BCUT2D eigenvalue weighted by Gasteiger charge is 2.47. The van der Waals surface area contributed by atoms with Crippen molar-refractivity contribution in [1.29, 1.82) is 0 Å². The SMILES string of the molecule is CC(=O)NC1[C@H](OCCCCC(=O)CCCCCC(=O)CCOCC(CCOCC(=O)NCCCNC(=O)CCCCO[C@@H]2OC(CO)[C@H](O)[C@H](O)C2NC(C)=O)(COCCC(=O)CCCCCC(=O)CCCCO[C@@H]2OC(CO)[C@H](O)[C@H](O)C2C)NC(=O)CCCC(=O)NCCCCCCOC(C)C)OC(CO)[C@H](O)[C@@H]1O. The summed E-state index contributed by atoms with van der Waals surface area (Å²) in [6, 6.07) is -2.16. The minimum Gasteiger partial charge on any atom is -0.394 e. The number of hydrogen-bond acceptors (Lipinski definition) is 29. The fourth-order valence-corrected chi connectivity index (χ4v) is 12.9. The zero-order valence-corrected chi connectivity index (χ0v) is 67.5. The van der Waals surface area contributed by atoms with Crippen LogP contribution in [0.15, 0.2) is 0 Å². The number of carbonyl (C=O) groups excluding carboxylic acids is 10. The molecule has 0 spiro atoms. The Labute approximate surface area is 665 Å². The lowest BCUT2D eigenvalue weighted by Crippen LogP contribution is -2.64. The van der Waals surface area contributed by atoms with Crippen LogP contribution >= 0.6 is 0 Å². The molecule has 3 rings (SSSR count). The highest BCUT2D eigenvalue weighted by atomic mass is 16.7. The van der Waals surface area contributed by atoms with Crippen LogP contribution in [0.1, 0.15) is 227 Å². The van der Waals surface area contributed by atoms with Gasteiger partial charge in [-0.05, 0) is 110 Å². The smallest absolute Gasteiger partial charge is 0.245 e. The lowest BCUT2D eigenvalue weighted by molar-refractivity contribution is -0.282. The maximum absolute atomic E-state index is 14.0. The predicted molar refractivity (Wildman–Crippen MR) is 407 cm³/mol. The average molecular weight is 1620 g/mol. The lowest BCUT2D eigenvalue weighted by atomic mass is 9.92.